The number of benzene rings is 2. The Morgan fingerprint density at radius 2 is 1.96 bits per heavy atom. The number of hydrogen-bond donors (Lipinski definition) is 1. The lowest BCUT2D eigenvalue weighted by atomic mass is 10.0. The third kappa shape index (κ3) is 4.04. The normalized spacial score (nSPS) is 19.2. The SMILES string of the molecule is Cc1ccccc1C[C@H]1S/C(=N/N=C\c2ccccc2Cl)NC1=O. The average molecular weight is 358 g/mol. The lowest BCUT2D eigenvalue weighted by Crippen LogP contribution is -2.26. The molecule has 24 heavy (non-hydrogen) atoms. The molecule has 2 aromatic rings. The van der Waals surface area contributed by atoms with Crippen molar-refractivity contribution in [2.45, 2.75) is 18.6 Å². The van der Waals surface area contributed by atoms with Crippen LogP contribution in [-0.2, 0) is 11.2 Å². The van der Waals surface area contributed by atoms with Crippen molar-refractivity contribution >= 4 is 40.7 Å². The zero-order valence-electron chi connectivity index (χ0n) is 13.1. The zero-order valence-corrected chi connectivity index (χ0v) is 14.6. The second-order valence-corrected chi connectivity index (χ2v) is 7.00. The number of amidine groups is 1. The zero-order chi connectivity index (χ0) is 16.9. The van der Waals surface area contributed by atoms with Crippen LogP contribution in [0, 0.1) is 6.92 Å². The number of halogens is 1. The molecule has 1 atom stereocenters. The fourth-order valence-corrected chi connectivity index (χ4v) is 3.49. The second-order valence-electron chi connectivity index (χ2n) is 5.40. The Kier molecular flexibility index (Phi) is 5.33. The molecule has 1 aliphatic heterocycles. The van der Waals surface area contributed by atoms with Crippen molar-refractivity contribution < 1.29 is 4.79 Å². The van der Waals surface area contributed by atoms with Gasteiger partial charge in [-0.3, -0.25) is 4.79 Å². The lowest BCUT2D eigenvalue weighted by molar-refractivity contribution is -0.118. The average Bonchev–Trinajstić information content (AvgIpc) is 2.91. The van der Waals surface area contributed by atoms with E-state index in [9.17, 15) is 4.79 Å². The molecule has 1 amide bonds. The number of nitrogens with one attached hydrogen (secondary N) is 1. The Morgan fingerprint density at radius 3 is 2.75 bits per heavy atom. The summed E-state index contributed by atoms with van der Waals surface area (Å²) in [5.41, 5.74) is 3.15. The van der Waals surface area contributed by atoms with E-state index in [0.29, 0.717) is 16.6 Å². The first-order chi connectivity index (χ1) is 11.6. The van der Waals surface area contributed by atoms with E-state index < -0.39 is 0 Å². The first-order valence-electron chi connectivity index (χ1n) is 7.51. The van der Waals surface area contributed by atoms with Crippen LogP contribution in [0.4, 0.5) is 0 Å². The van der Waals surface area contributed by atoms with E-state index in [4.69, 9.17) is 11.6 Å². The van der Waals surface area contributed by atoms with Crippen LogP contribution in [0.15, 0.2) is 58.7 Å². The van der Waals surface area contributed by atoms with Crippen LogP contribution < -0.4 is 5.32 Å². The van der Waals surface area contributed by atoms with Gasteiger partial charge in [0.2, 0.25) is 5.91 Å². The van der Waals surface area contributed by atoms with Crippen molar-refractivity contribution in [2.24, 2.45) is 10.2 Å². The van der Waals surface area contributed by atoms with Gasteiger partial charge in [0.1, 0.15) is 0 Å². The molecule has 0 radical (unpaired) electrons. The Balaban J connectivity index is 1.66. The minimum absolute atomic E-state index is 0.0325. The summed E-state index contributed by atoms with van der Waals surface area (Å²) in [5, 5.41) is 11.8. The molecule has 6 heteroatoms. The summed E-state index contributed by atoms with van der Waals surface area (Å²) in [6, 6.07) is 15.5. The van der Waals surface area contributed by atoms with Crippen molar-refractivity contribution in [1.82, 2.24) is 5.32 Å². The largest absolute Gasteiger partial charge is 0.303 e. The van der Waals surface area contributed by atoms with Crippen molar-refractivity contribution in [3.05, 3.63) is 70.2 Å². The number of thioether (sulfide) groups is 1. The molecule has 1 heterocycles. The van der Waals surface area contributed by atoms with E-state index in [1.165, 1.54) is 22.9 Å². The lowest BCUT2D eigenvalue weighted by Gasteiger charge is -2.07. The summed E-state index contributed by atoms with van der Waals surface area (Å²) < 4.78 is 0. The molecule has 0 saturated carbocycles. The highest BCUT2D eigenvalue weighted by molar-refractivity contribution is 8.15. The van der Waals surface area contributed by atoms with Crippen molar-refractivity contribution in [2.75, 3.05) is 0 Å². The van der Waals surface area contributed by atoms with E-state index in [1.807, 2.05) is 36.4 Å². The smallest absolute Gasteiger partial charge is 0.239 e. The molecule has 3 rings (SSSR count). The summed E-state index contributed by atoms with van der Waals surface area (Å²) in [6.45, 7) is 2.05. The highest BCUT2D eigenvalue weighted by Gasteiger charge is 2.30. The molecular weight excluding hydrogens is 342 g/mol. The number of nitrogens with zero attached hydrogens (tertiary/aromatic N) is 2. The number of aryl methyl sites for hydroxylation is 1. The van der Waals surface area contributed by atoms with Crippen LogP contribution in [0.25, 0.3) is 0 Å². The summed E-state index contributed by atoms with van der Waals surface area (Å²) in [6.07, 6.45) is 2.26. The topological polar surface area (TPSA) is 53.8 Å². The fraction of sp³-hybridized carbons (Fsp3) is 0.167. The maximum atomic E-state index is 12.1. The molecule has 1 aliphatic rings. The van der Waals surface area contributed by atoms with E-state index in [2.05, 4.69) is 28.5 Å². The minimum Gasteiger partial charge on any atom is -0.303 e. The molecule has 0 aliphatic carbocycles. The molecule has 0 spiro atoms. The number of rotatable bonds is 4. The van der Waals surface area contributed by atoms with Gasteiger partial charge in [0.15, 0.2) is 5.17 Å². The summed E-state index contributed by atoms with van der Waals surface area (Å²) >= 11 is 7.46. The monoisotopic (exact) mass is 357 g/mol. The van der Waals surface area contributed by atoms with Gasteiger partial charge in [-0.05, 0) is 30.5 Å². The molecule has 0 aromatic heterocycles. The van der Waals surface area contributed by atoms with Crippen LogP contribution >= 0.6 is 23.4 Å². The van der Waals surface area contributed by atoms with Gasteiger partial charge < -0.3 is 5.32 Å². The molecule has 4 nitrogen and oxygen atoms in total. The van der Waals surface area contributed by atoms with Gasteiger partial charge in [0, 0.05) is 10.6 Å². The number of carbonyl (C=O) groups is 1. The number of amides is 1. The molecule has 0 bridgehead atoms. The fourth-order valence-electron chi connectivity index (χ4n) is 2.35. The van der Waals surface area contributed by atoms with E-state index in [-0.39, 0.29) is 11.2 Å². The maximum absolute atomic E-state index is 12.1. The Bertz CT molecular complexity index is 819. The molecule has 1 saturated heterocycles. The van der Waals surface area contributed by atoms with E-state index >= 15 is 0 Å². The van der Waals surface area contributed by atoms with Crippen LogP contribution in [0.5, 0.6) is 0 Å². The quantitative estimate of drug-likeness (QED) is 0.668. The van der Waals surface area contributed by atoms with Gasteiger partial charge in [0.25, 0.3) is 0 Å². The molecular formula is C18H16ClN3OS. The Morgan fingerprint density at radius 1 is 1.21 bits per heavy atom. The number of carbonyl (C=O) groups excluding carboxylic acids is 1. The van der Waals surface area contributed by atoms with Crippen LogP contribution in [0.1, 0.15) is 16.7 Å². The standard InChI is InChI=1S/C18H16ClN3OS/c1-12-6-2-3-7-13(12)10-16-17(23)21-18(24-16)22-20-11-14-8-4-5-9-15(14)19/h2-9,11,16H,10H2,1H3,(H,21,22,23)/b20-11-/t16-/m1/s1. The van der Waals surface area contributed by atoms with Gasteiger partial charge in [-0.25, -0.2) is 0 Å². The molecule has 0 unspecified atom stereocenters. The Hall–Kier alpha value is -2.11. The first-order valence-corrected chi connectivity index (χ1v) is 8.77. The van der Waals surface area contributed by atoms with E-state index in [1.54, 1.807) is 12.3 Å². The van der Waals surface area contributed by atoms with Crippen LogP contribution in [-0.4, -0.2) is 22.5 Å². The molecule has 122 valence electrons. The van der Waals surface area contributed by atoms with Crippen LogP contribution in [0.2, 0.25) is 5.02 Å². The van der Waals surface area contributed by atoms with Crippen molar-refractivity contribution in [3.8, 4) is 0 Å². The third-order valence-corrected chi connectivity index (χ3v) is 5.11. The first kappa shape index (κ1) is 16.7. The maximum Gasteiger partial charge on any atom is 0.239 e. The summed E-state index contributed by atoms with van der Waals surface area (Å²) in [7, 11) is 0. The van der Waals surface area contributed by atoms with Gasteiger partial charge in [-0.15, -0.1) is 5.10 Å². The van der Waals surface area contributed by atoms with Crippen molar-refractivity contribution in [3.63, 3.8) is 0 Å². The second kappa shape index (κ2) is 7.64. The van der Waals surface area contributed by atoms with Gasteiger partial charge in [-0.1, -0.05) is 65.8 Å². The molecule has 1 N–H and O–H groups in total. The Labute approximate surface area is 150 Å². The molecule has 2 aromatic carbocycles. The number of hydrogen-bond acceptors (Lipinski definition) is 4. The van der Waals surface area contributed by atoms with Gasteiger partial charge in [0.05, 0.1) is 11.5 Å². The molecule has 1 fully saturated rings. The van der Waals surface area contributed by atoms with E-state index in [0.717, 1.165) is 5.56 Å². The van der Waals surface area contributed by atoms with Crippen LogP contribution in [0.3, 0.4) is 0 Å². The summed E-state index contributed by atoms with van der Waals surface area (Å²) in [4.78, 5) is 12.1. The van der Waals surface area contributed by atoms with Gasteiger partial charge >= 0.3 is 0 Å². The predicted molar refractivity (Wildman–Crippen MR) is 101 cm³/mol. The highest BCUT2D eigenvalue weighted by atomic mass is 35.5. The minimum atomic E-state index is -0.180. The summed E-state index contributed by atoms with van der Waals surface area (Å²) in [5.74, 6) is -0.0325. The van der Waals surface area contributed by atoms with Crippen molar-refractivity contribution in [1.29, 1.82) is 0 Å². The predicted octanol–water partition coefficient (Wildman–Crippen LogP) is 3.81. The third-order valence-electron chi connectivity index (χ3n) is 3.69. The highest BCUT2D eigenvalue weighted by Crippen LogP contribution is 2.24. The van der Waals surface area contributed by atoms with Gasteiger partial charge in [-0.2, -0.15) is 5.10 Å².